The summed E-state index contributed by atoms with van der Waals surface area (Å²) in [6, 6.07) is 10.1. The van der Waals surface area contributed by atoms with Crippen molar-refractivity contribution in [2.45, 2.75) is 31.0 Å². The van der Waals surface area contributed by atoms with E-state index in [0.717, 1.165) is 6.42 Å². The Morgan fingerprint density at radius 1 is 1.30 bits per heavy atom. The van der Waals surface area contributed by atoms with Gasteiger partial charge in [0.05, 0.1) is 0 Å². The van der Waals surface area contributed by atoms with Crippen LogP contribution in [0.3, 0.4) is 0 Å². The molecule has 6 heteroatoms. The fourth-order valence-electron chi connectivity index (χ4n) is 2.56. The second-order valence-corrected chi connectivity index (χ2v) is 5.15. The first-order valence-corrected chi connectivity index (χ1v) is 6.67. The van der Waals surface area contributed by atoms with Gasteiger partial charge < -0.3 is 4.74 Å². The molecule has 2 rings (SSSR count). The number of hydrogen-bond acceptors (Lipinski definition) is 3. The highest BCUT2D eigenvalue weighted by atomic mass is 19.4. The van der Waals surface area contributed by atoms with Gasteiger partial charge in [-0.1, -0.05) is 30.3 Å². The average molecular weight is 288 g/mol. The molecule has 1 saturated carbocycles. The Morgan fingerprint density at radius 2 is 2.00 bits per heavy atom. The van der Waals surface area contributed by atoms with Crippen LogP contribution < -0.4 is 11.3 Å². The minimum Gasteiger partial charge on any atom is -0.372 e. The third kappa shape index (κ3) is 4.47. The number of benzene rings is 1. The van der Waals surface area contributed by atoms with Crippen LogP contribution in [-0.2, 0) is 4.74 Å². The van der Waals surface area contributed by atoms with Gasteiger partial charge in [0.25, 0.3) is 0 Å². The Balaban J connectivity index is 1.74. The summed E-state index contributed by atoms with van der Waals surface area (Å²) < 4.78 is 40.5. The number of alkyl halides is 3. The molecule has 3 atom stereocenters. The summed E-state index contributed by atoms with van der Waals surface area (Å²) in [5.41, 5.74) is 3.96. The molecule has 0 amide bonds. The monoisotopic (exact) mass is 288 g/mol. The standard InChI is InChI=1S/C14H19F3N2O/c15-14(16,17)9-20-7-6-13(19-18)12-8-11(12)10-4-2-1-3-5-10/h1-5,11-13,19H,6-9,18H2. The Morgan fingerprint density at radius 3 is 2.60 bits per heavy atom. The largest absolute Gasteiger partial charge is 0.411 e. The van der Waals surface area contributed by atoms with Crippen molar-refractivity contribution >= 4 is 0 Å². The highest BCUT2D eigenvalue weighted by molar-refractivity contribution is 5.26. The normalized spacial score (nSPS) is 23.6. The van der Waals surface area contributed by atoms with Crippen molar-refractivity contribution in [3.8, 4) is 0 Å². The van der Waals surface area contributed by atoms with Crippen LogP contribution in [0.4, 0.5) is 13.2 Å². The lowest BCUT2D eigenvalue weighted by atomic mass is 10.0. The smallest absolute Gasteiger partial charge is 0.372 e. The van der Waals surface area contributed by atoms with Gasteiger partial charge in [0.2, 0.25) is 0 Å². The van der Waals surface area contributed by atoms with Crippen LogP contribution in [0.1, 0.15) is 24.3 Å². The van der Waals surface area contributed by atoms with Crippen LogP contribution in [0.25, 0.3) is 0 Å². The van der Waals surface area contributed by atoms with Crippen molar-refractivity contribution < 1.29 is 17.9 Å². The fraction of sp³-hybridized carbons (Fsp3) is 0.571. The van der Waals surface area contributed by atoms with Gasteiger partial charge in [-0.15, -0.1) is 0 Å². The summed E-state index contributed by atoms with van der Waals surface area (Å²) in [5.74, 6) is 6.31. The molecule has 3 unspecified atom stereocenters. The third-order valence-corrected chi connectivity index (χ3v) is 3.64. The Hall–Kier alpha value is -1.11. The van der Waals surface area contributed by atoms with Gasteiger partial charge in [-0.3, -0.25) is 11.3 Å². The van der Waals surface area contributed by atoms with E-state index < -0.39 is 12.8 Å². The lowest BCUT2D eigenvalue weighted by molar-refractivity contribution is -0.174. The number of nitrogens with two attached hydrogens (primary N) is 1. The molecule has 1 aliphatic rings. The van der Waals surface area contributed by atoms with E-state index in [1.54, 1.807) is 0 Å². The predicted octanol–water partition coefficient (Wildman–Crippen LogP) is 2.59. The van der Waals surface area contributed by atoms with Crippen molar-refractivity contribution in [3.05, 3.63) is 35.9 Å². The van der Waals surface area contributed by atoms with Crippen LogP contribution in [0.15, 0.2) is 30.3 Å². The predicted molar refractivity (Wildman–Crippen MR) is 69.9 cm³/mol. The van der Waals surface area contributed by atoms with E-state index in [4.69, 9.17) is 5.84 Å². The SMILES string of the molecule is NNC(CCOCC(F)(F)F)C1CC1c1ccccc1. The minimum atomic E-state index is -4.27. The molecular formula is C14H19F3N2O. The van der Waals surface area contributed by atoms with Crippen molar-refractivity contribution in [1.29, 1.82) is 0 Å². The van der Waals surface area contributed by atoms with Gasteiger partial charge in [-0.05, 0) is 30.2 Å². The van der Waals surface area contributed by atoms with Crippen LogP contribution in [0, 0.1) is 5.92 Å². The second kappa shape index (κ2) is 6.56. The minimum absolute atomic E-state index is 0.00607. The first-order valence-electron chi connectivity index (χ1n) is 6.67. The average Bonchev–Trinajstić information content (AvgIpc) is 3.19. The number of rotatable bonds is 7. The topological polar surface area (TPSA) is 47.3 Å². The third-order valence-electron chi connectivity index (χ3n) is 3.64. The van der Waals surface area contributed by atoms with E-state index in [0.29, 0.717) is 18.3 Å². The number of ether oxygens (including phenoxy) is 1. The van der Waals surface area contributed by atoms with Gasteiger partial charge >= 0.3 is 6.18 Å². The zero-order chi connectivity index (χ0) is 14.6. The number of halogens is 3. The molecule has 0 heterocycles. The van der Waals surface area contributed by atoms with Crippen LogP contribution in [0.5, 0.6) is 0 Å². The van der Waals surface area contributed by atoms with Crippen LogP contribution >= 0.6 is 0 Å². The number of hydrogen-bond donors (Lipinski definition) is 2. The molecule has 1 aromatic carbocycles. The molecule has 0 saturated heterocycles. The highest BCUT2D eigenvalue weighted by Gasteiger charge is 2.43. The lowest BCUT2D eigenvalue weighted by Crippen LogP contribution is -2.38. The summed E-state index contributed by atoms with van der Waals surface area (Å²) in [5, 5.41) is 0. The Labute approximate surface area is 116 Å². The zero-order valence-electron chi connectivity index (χ0n) is 11.1. The van der Waals surface area contributed by atoms with Crippen molar-refractivity contribution in [3.63, 3.8) is 0 Å². The van der Waals surface area contributed by atoms with Crippen LogP contribution in [-0.4, -0.2) is 25.4 Å². The molecule has 0 radical (unpaired) electrons. The molecule has 0 spiro atoms. The molecule has 3 nitrogen and oxygen atoms in total. The van der Waals surface area contributed by atoms with E-state index in [1.165, 1.54) is 5.56 Å². The zero-order valence-corrected chi connectivity index (χ0v) is 11.1. The van der Waals surface area contributed by atoms with Gasteiger partial charge in [-0.25, -0.2) is 0 Å². The molecule has 112 valence electrons. The molecule has 3 N–H and O–H groups in total. The first kappa shape index (κ1) is 15.3. The van der Waals surface area contributed by atoms with Crippen LogP contribution in [0.2, 0.25) is 0 Å². The summed E-state index contributed by atoms with van der Waals surface area (Å²) in [7, 11) is 0. The van der Waals surface area contributed by atoms with E-state index >= 15 is 0 Å². The lowest BCUT2D eigenvalue weighted by Gasteiger charge is -2.16. The molecule has 0 bridgehead atoms. The summed E-state index contributed by atoms with van der Waals surface area (Å²) in [6.45, 7) is -1.14. The van der Waals surface area contributed by atoms with Crippen molar-refractivity contribution in [2.75, 3.05) is 13.2 Å². The quantitative estimate of drug-likeness (QED) is 0.460. The second-order valence-electron chi connectivity index (χ2n) is 5.15. The molecular weight excluding hydrogens is 269 g/mol. The maximum Gasteiger partial charge on any atom is 0.411 e. The van der Waals surface area contributed by atoms with Gasteiger partial charge in [0.15, 0.2) is 0 Å². The number of nitrogens with one attached hydrogen (secondary N) is 1. The Bertz CT molecular complexity index is 411. The first-order chi connectivity index (χ1) is 9.51. The van der Waals surface area contributed by atoms with Crippen molar-refractivity contribution in [1.82, 2.24) is 5.43 Å². The fourth-order valence-corrected chi connectivity index (χ4v) is 2.56. The van der Waals surface area contributed by atoms with Gasteiger partial charge in [-0.2, -0.15) is 13.2 Å². The van der Waals surface area contributed by atoms with Gasteiger partial charge in [0.1, 0.15) is 6.61 Å². The van der Waals surface area contributed by atoms with E-state index in [2.05, 4.69) is 22.3 Å². The van der Waals surface area contributed by atoms with E-state index in [-0.39, 0.29) is 12.6 Å². The molecule has 0 aromatic heterocycles. The highest BCUT2D eigenvalue weighted by Crippen LogP contribution is 2.49. The maximum atomic E-state index is 12.0. The molecule has 0 aliphatic heterocycles. The van der Waals surface area contributed by atoms with Gasteiger partial charge in [0, 0.05) is 12.6 Å². The summed E-state index contributed by atoms with van der Waals surface area (Å²) >= 11 is 0. The summed E-state index contributed by atoms with van der Waals surface area (Å²) in [6.07, 6.45) is -2.77. The van der Waals surface area contributed by atoms with E-state index in [1.807, 2.05) is 18.2 Å². The number of hydrazine groups is 1. The molecule has 20 heavy (non-hydrogen) atoms. The molecule has 1 aliphatic carbocycles. The maximum absolute atomic E-state index is 12.0. The molecule has 1 aromatic rings. The van der Waals surface area contributed by atoms with Crippen molar-refractivity contribution in [2.24, 2.45) is 11.8 Å². The Kier molecular flexibility index (Phi) is 5.01. The van der Waals surface area contributed by atoms with E-state index in [9.17, 15) is 13.2 Å². The summed E-state index contributed by atoms with van der Waals surface area (Å²) in [4.78, 5) is 0. The molecule has 1 fully saturated rings.